The molecule has 1 aromatic rings. The second-order valence-corrected chi connectivity index (χ2v) is 5.45. The third-order valence-electron chi connectivity index (χ3n) is 3.40. The average Bonchev–Trinajstić information content (AvgIpc) is 2.71. The Morgan fingerprint density at radius 1 is 1.22 bits per heavy atom. The summed E-state index contributed by atoms with van der Waals surface area (Å²) >= 11 is 0. The molecular weight excluding hydrogens is 226 g/mol. The Balaban J connectivity index is 1.90. The van der Waals surface area contributed by atoms with Crippen molar-refractivity contribution in [3.63, 3.8) is 0 Å². The van der Waals surface area contributed by atoms with E-state index >= 15 is 0 Å². The summed E-state index contributed by atoms with van der Waals surface area (Å²) in [6.07, 6.45) is 0.117. The number of rotatable bonds is 4. The SMILES string of the molecule is C[C@@H](N[C@H](C)[C@@H]1COC(C)(C)O1)c1ccccc1. The molecule has 100 valence electrons. The van der Waals surface area contributed by atoms with Crippen LogP contribution in [0.3, 0.4) is 0 Å². The van der Waals surface area contributed by atoms with E-state index in [-0.39, 0.29) is 12.1 Å². The Labute approximate surface area is 109 Å². The summed E-state index contributed by atoms with van der Waals surface area (Å²) in [5.74, 6) is -0.448. The molecule has 1 aliphatic rings. The molecule has 0 unspecified atom stereocenters. The second kappa shape index (κ2) is 5.39. The van der Waals surface area contributed by atoms with Crippen molar-refractivity contribution in [3.05, 3.63) is 35.9 Å². The molecule has 0 aromatic heterocycles. The summed E-state index contributed by atoms with van der Waals surface area (Å²) in [6.45, 7) is 8.89. The van der Waals surface area contributed by atoms with Gasteiger partial charge in [-0.3, -0.25) is 0 Å². The first-order valence-electron chi connectivity index (χ1n) is 6.61. The van der Waals surface area contributed by atoms with E-state index in [1.807, 2.05) is 19.9 Å². The van der Waals surface area contributed by atoms with E-state index in [2.05, 4.69) is 43.4 Å². The van der Waals surface area contributed by atoms with E-state index in [0.717, 1.165) is 0 Å². The first kappa shape index (κ1) is 13.5. The van der Waals surface area contributed by atoms with Crippen LogP contribution in [0.5, 0.6) is 0 Å². The molecule has 3 atom stereocenters. The van der Waals surface area contributed by atoms with Crippen LogP contribution in [-0.4, -0.2) is 24.5 Å². The van der Waals surface area contributed by atoms with Crippen LogP contribution in [0.4, 0.5) is 0 Å². The molecule has 1 aromatic carbocycles. The summed E-state index contributed by atoms with van der Waals surface area (Å²) in [5.41, 5.74) is 1.29. The number of benzene rings is 1. The van der Waals surface area contributed by atoms with Gasteiger partial charge in [0.25, 0.3) is 0 Å². The molecule has 1 N–H and O–H groups in total. The maximum absolute atomic E-state index is 5.86. The van der Waals surface area contributed by atoms with Crippen LogP contribution < -0.4 is 5.32 Å². The lowest BCUT2D eigenvalue weighted by Crippen LogP contribution is -2.40. The second-order valence-electron chi connectivity index (χ2n) is 5.45. The Morgan fingerprint density at radius 3 is 2.44 bits per heavy atom. The molecule has 1 heterocycles. The summed E-state index contributed by atoms with van der Waals surface area (Å²) in [7, 11) is 0. The van der Waals surface area contributed by atoms with Crippen molar-refractivity contribution in [2.24, 2.45) is 0 Å². The summed E-state index contributed by atoms with van der Waals surface area (Å²) in [6, 6.07) is 11.0. The van der Waals surface area contributed by atoms with Crippen molar-refractivity contribution in [3.8, 4) is 0 Å². The maximum atomic E-state index is 5.86. The van der Waals surface area contributed by atoms with Gasteiger partial charge >= 0.3 is 0 Å². The molecule has 0 amide bonds. The minimum Gasteiger partial charge on any atom is -0.348 e. The predicted octanol–water partition coefficient (Wildman–Crippen LogP) is 2.88. The average molecular weight is 249 g/mol. The highest BCUT2D eigenvalue weighted by Crippen LogP contribution is 2.25. The normalized spacial score (nSPS) is 25.9. The molecule has 0 saturated carbocycles. The number of nitrogens with one attached hydrogen (secondary N) is 1. The highest BCUT2D eigenvalue weighted by atomic mass is 16.7. The lowest BCUT2D eigenvalue weighted by molar-refractivity contribution is -0.141. The fraction of sp³-hybridized carbons (Fsp3) is 0.600. The van der Waals surface area contributed by atoms with E-state index < -0.39 is 5.79 Å². The van der Waals surface area contributed by atoms with Crippen LogP contribution in [0.1, 0.15) is 39.3 Å². The monoisotopic (exact) mass is 249 g/mol. The van der Waals surface area contributed by atoms with Crippen molar-refractivity contribution in [2.75, 3.05) is 6.61 Å². The molecule has 2 rings (SSSR count). The van der Waals surface area contributed by atoms with Crippen molar-refractivity contribution >= 4 is 0 Å². The van der Waals surface area contributed by atoms with Gasteiger partial charge in [0.2, 0.25) is 0 Å². The van der Waals surface area contributed by atoms with Crippen molar-refractivity contribution < 1.29 is 9.47 Å². The molecule has 0 aliphatic carbocycles. The Bertz CT molecular complexity index is 377. The third-order valence-corrected chi connectivity index (χ3v) is 3.40. The maximum Gasteiger partial charge on any atom is 0.163 e. The highest BCUT2D eigenvalue weighted by molar-refractivity contribution is 5.18. The molecule has 3 heteroatoms. The molecule has 3 nitrogen and oxygen atoms in total. The number of ether oxygens (including phenoxy) is 2. The van der Waals surface area contributed by atoms with Gasteiger partial charge in [-0.15, -0.1) is 0 Å². The molecule has 1 fully saturated rings. The molecule has 0 bridgehead atoms. The topological polar surface area (TPSA) is 30.5 Å². The Morgan fingerprint density at radius 2 is 1.89 bits per heavy atom. The van der Waals surface area contributed by atoms with Crippen LogP contribution in [0.2, 0.25) is 0 Å². The van der Waals surface area contributed by atoms with Gasteiger partial charge in [-0.25, -0.2) is 0 Å². The smallest absolute Gasteiger partial charge is 0.163 e. The highest BCUT2D eigenvalue weighted by Gasteiger charge is 2.35. The largest absolute Gasteiger partial charge is 0.348 e. The number of hydrogen-bond acceptors (Lipinski definition) is 3. The standard InChI is InChI=1S/C15H23NO2/c1-11(13-8-6-5-7-9-13)16-12(2)14-10-17-15(3,4)18-14/h5-9,11-12,14,16H,10H2,1-4H3/t11-,12-,14+/m1/s1. The molecule has 1 aliphatic heterocycles. The van der Waals surface area contributed by atoms with E-state index in [1.165, 1.54) is 5.56 Å². The van der Waals surface area contributed by atoms with Gasteiger partial charge in [0.15, 0.2) is 5.79 Å². The lowest BCUT2D eigenvalue weighted by Gasteiger charge is -2.25. The summed E-state index contributed by atoms with van der Waals surface area (Å²) < 4.78 is 11.5. The van der Waals surface area contributed by atoms with Crippen molar-refractivity contribution in [1.29, 1.82) is 0 Å². The Hall–Kier alpha value is -0.900. The van der Waals surface area contributed by atoms with Crippen LogP contribution in [0, 0.1) is 0 Å². The van der Waals surface area contributed by atoms with Crippen LogP contribution in [0.25, 0.3) is 0 Å². The van der Waals surface area contributed by atoms with Gasteiger partial charge in [-0.2, -0.15) is 0 Å². The van der Waals surface area contributed by atoms with Gasteiger partial charge in [0.1, 0.15) is 0 Å². The fourth-order valence-corrected chi connectivity index (χ4v) is 2.30. The summed E-state index contributed by atoms with van der Waals surface area (Å²) in [5, 5.41) is 3.57. The minimum atomic E-state index is -0.448. The quantitative estimate of drug-likeness (QED) is 0.890. The van der Waals surface area contributed by atoms with E-state index in [4.69, 9.17) is 9.47 Å². The molecule has 0 spiro atoms. The van der Waals surface area contributed by atoms with Crippen LogP contribution in [-0.2, 0) is 9.47 Å². The van der Waals surface area contributed by atoms with Crippen LogP contribution in [0.15, 0.2) is 30.3 Å². The van der Waals surface area contributed by atoms with E-state index in [0.29, 0.717) is 12.6 Å². The zero-order chi connectivity index (χ0) is 13.2. The zero-order valence-corrected chi connectivity index (χ0v) is 11.6. The van der Waals surface area contributed by atoms with Gasteiger partial charge in [-0.05, 0) is 33.3 Å². The van der Waals surface area contributed by atoms with Gasteiger partial charge in [0.05, 0.1) is 12.7 Å². The number of hydrogen-bond donors (Lipinski definition) is 1. The van der Waals surface area contributed by atoms with E-state index in [1.54, 1.807) is 0 Å². The molecular formula is C15H23NO2. The molecule has 1 saturated heterocycles. The van der Waals surface area contributed by atoms with Crippen molar-refractivity contribution in [1.82, 2.24) is 5.32 Å². The summed E-state index contributed by atoms with van der Waals surface area (Å²) in [4.78, 5) is 0. The lowest BCUT2D eigenvalue weighted by atomic mass is 10.1. The third kappa shape index (κ3) is 3.31. The van der Waals surface area contributed by atoms with Gasteiger partial charge in [-0.1, -0.05) is 30.3 Å². The predicted molar refractivity (Wildman–Crippen MR) is 72.4 cm³/mol. The fourth-order valence-electron chi connectivity index (χ4n) is 2.30. The first-order chi connectivity index (χ1) is 8.48. The van der Waals surface area contributed by atoms with Gasteiger partial charge in [0, 0.05) is 12.1 Å². The zero-order valence-electron chi connectivity index (χ0n) is 11.6. The minimum absolute atomic E-state index is 0.117. The molecule has 18 heavy (non-hydrogen) atoms. The van der Waals surface area contributed by atoms with Crippen LogP contribution >= 0.6 is 0 Å². The van der Waals surface area contributed by atoms with E-state index in [9.17, 15) is 0 Å². The Kier molecular flexibility index (Phi) is 4.05. The molecule has 0 radical (unpaired) electrons. The van der Waals surface area contributed by atoms with Gasteiger partial charge < -0.3 is 14.8 Å². The van der Waals surface area contributed by atoms with Crippen molar-refractivity contribution in [2.45, 2.75) is 51.7 Å². The first-order valence-corrected chi connectivity index (χ1v) is 6.61.